The Morgan fingerprint density at radius 1 is 0.964 bits per heavy atom. The highest BCUT2D eigenvalue weighted by atomic mass is 19.1. The summed E-state index contributed by atoms with van der Waals surface area (Å²) in [6.45, 7) is 6.08. The first-order valence-corrected chi connectivity index (χ1v) is 9.35. The number of carbonyl (C=O) groups excluding carboxylic acids is 2. The molecule has 1 atom stereocenters. The van der Waals surface area contributed by atoms with Crippen molar-refractivity contribution in [1.82, 2.24) is 9.80 Å². The van der Waals surface area contributed by atoms with Crippen LogP contribution in [-0.2, 0) is 4.79 Å². The summed E-state index contributed by atoms with van der Waals surface area (Å²) in [6, 6.07) is 13.0. The summed E-state index contributed by atoms with van der Waals surface area (Å²) in [7, 11) is 0. The van der Waals surface area contributed by atoms with Gasteiger partial charge in [0.05, 0.1) is 6.04 Å². The number of anilines is 2. The molecule has 1 aliphatic rings. The van der Waals surface area contributed by atoms with Crippen LogP contribution in [0.2, 0.25) is 0 Å². The van der Waals surface area contributed by atoms with Gasteiger partial charge in [0.15, 0.2) is 0 Å². The van der Waals surface area contributed by atoms with Crippen molar-refractivity contribution >= 4 is 23.3 Å². The highest BCUT2D eigenvalue weighted by Crippen LogP contribution is 2.14. The second kappa shape index (κ2) is 8.84. The van der Waals surface area contributed by atoms with Gasteiger partial charge in [-0.15, -0.1) is 0 Å². The van der Waals surface area contributed by atoms with Crippen LogP contribution in [0, 0.1) is 12.7 Å². The van der Waals surface area contributed by atoms with Gasteiger partial charge in [0, 0.05) is 37.6 Å². The second-order valence-corrected chi connectivity index (χ2v) is 6.99. The Hall–Kier alpha value is -2.93. The number of piperazine rings is 1. The van der Waals surface area contributed by atoms with E-state index in [1.54, 1.807) is 17.0 Å². The highest BCUT2D eigenvalue weighted by Gasteiger charge is 2.27. The minimum Gasteiger partial charge on any atom is -0.325 e. The zero-order chi connectivity index (χ0) is 20.1. The number of aryl methyl sites for hydroxylation is 1. The molecule has 2 aromatic rings. The van der Waals surface area contributed by atoms with E-state index in [-0.39, 0.29) is 18.0 Å². The average Bonchev–Trinajstić information content (AvgIpc) is 2.69. The van der Waals surface area contributed by atoms with Crippen LogP contribution in [0.5, 0.6) is 0 Å². The minimum absolute atomic E-state index is 0.139. The first-order chi connectivity index (χ1) is 13.4. The van der Waals surface area contributed by atoms with E-state index in [2.05, 4.69) is 10.6 Å². The van der Waals surface area contributed by atoms with Gasteiger partial charge in [-0.2, -0.15) is 0 Å². The third-order valence-electron chi connectivity index (χ3n) is 4.92. The van der Waals surface area contributed by atoms with Gasteiger partial charge in [-0.25, -0.2) is 9.18 Å². The molecule has 1 unspecified atom stereocenters. The van der Waals surface area contributed by atoms with Crippen molar-refractivity contribution in [2.75, 3.05) is 36.8 Å². The first-order valence-electron chi connectivity index (χ1n) is 9.35. The number of nitrogens with zero attached hydrogens (tertiary/aromatic N) is 2. The van der Waals surface area contributed by atoms with Gasteiger partial charge in [0.1, 0.15) is 5.82 Å². The topological polar surface area (TPSA) is 64.7 Å². The molecule has 0 saturated carbocycles. The number of hydrogen-bond acceptors (Lipinski definition) is 3. The largest absolute Gasteiger partial charge is 0.325 e. The lowest BCUT2D eigenvalue weighted by Gasteiger charge is -2.37. The van der Waals surface area contributed by atoms with E-state index < -0.39 is 5.82 Å². The van der Waals surface area contributed by atoms with E-state index in [0.717, 1.165) is 11.3 Å². The summed E-state index contributed by atoms with van der Waals surface area (Å²) in [5.41, 5.74) is 2.34. The first kappa shape index (κ1) is 19.8. The van der Waals surface area contributed by atoms with Gasteiger partial charge < -0.3 is 15.5 Å². The van der Waals surface area contributed by atoms with Crippen LogP contribution in [0.1, 0.15) is 12.5 Å². The highest BCUT2D eigenvalue weighted by molar-refractivity contribution is 5.94. The summed E-state index contributed by atoms with van der Waals surface area (Å²) in [5, 5.41) is 5.63. The minimum atomic E-state index is -0.390. The van der Waals surface area contributed by atoms with Crippen molar-refractivity contribution in [1.29, 1.82) is 0 Å². The maximum Gasteiger partial charge on any atom is 0.321 e. The van der Waals surface area contributed by atoms with Crippen LogP contribution in [0.25, 0.3) is 0 Å². The number of hydrogen-bond donors (Lipinski definition) is 2. The molecule has 148 valence electrons. The van der Waals surface area contributed by atoms with Gasteiger partial charge in [-0.1, -0.05) is 23.8 Å². The molecule has 3 rings (SSSR count). The lowest BCUT2D eigenvalue weighted by Crippen LogP contribution is -2.54. The molecule has 0 radical (unpaired) electrons. The standard InChI is InChI=1S/C21H25FN4O2/c1-15-6-8-18(9-7-15)24-21(28)26-12-10-25(11-13-26)16(2)20(27)23-19-5-3-4-17(22)14-19/h3-9,14,16H,10-13H2,1-2H3,(H,23,27)(H,24,28). The Morgan fingerprint density at radius 3 is 2.29 bits per heavy atom. The van der Waals surface area contributed by atoms with Gasteiger partial charge in [0.2, 0.25) is 5.91 Å². The predicted molar refractivity (Wildman–Crippen MR) is 108 cm³/mol. The fraction of sp³-hybridized carbons (Fsp3) is 0.333. The van der Waals surface area contributed by atoms with Crippen molar-refractivity contribution in [2.24, 2.45) is 0 Å². The van der Waals surface area contributed by atoms with Crippen molar-refractivity contribution in [3.8, 4) is 0 Å². The smallest absolute Gasteiger partial charge is 0.321 e. The molecule has 1 fully saturated rings. The second-order valence-electron chi connectivity index (χ2n) is 6.99. The summed E-state index contributed by atoms with van der Waals surface area (Å²) < 4.78 is 13.3. The number of nitrogens with one attached hydrogen (secondary N) is 2. The van der Waals surface area contributed by atoms with Gasteiger partial charge in [0.25, 0.3) is 0 Å². The van der Waals surface area contributed by atoms with Gasteiger partial charge in [-0.05, 0) is 44.2 Å². The number of rotatable bonds is 4. The maximum absolute atomic E-state index is 13.3. The summed E-state index contributed by atoms with van der Waals surface area (Å²) in [5.74, 6) is -0.582. The third kappa shape index (κ3) is 5.07. The van der Waals surface area contributed by atoms with E-state index in [4.69, 9.17) is 0 Å². The van der Waals surface area contributed by atoms with E-state index in [1.165, 1.54) is 12.1 Å². The summed E-state index contributed by atoms with van der Waals surface area (Å²) >= 11 is 0. The third-order valence-corrected chi connectivity index (χ3v) is 4.92. The van der Waals surface area contributed by atoms with E-state index in [0.29, 0.717) is 31.9 Å². The van der Waals surface area contributed by atoms with Crippen molar-refractivity contribution in [3.63, 3.8) is 0 Å². The molecule has 1 heterocycles. The fourth-order valence-corrected chi connectivity index (χ4v) is 3.13. The zero-order valence-corrected chi connectivity index (χ0v) is 16.1. The Balaban J connectivity index is 1.49. The van der Waals surface area contributed by atoms with Crippen LogP contribution >= 0.6 is 0 Å². The molecule has 28 heavy (non-hydrogen) atoms. The Morgan fingerprint density at radius 2 is 1.64 bits per heavy atom. The SMILES string of the molecule is Cc1ccc(NC(=O)N2CCN(C(C)C(=O)Nc3cccc(F)c3)CC2)cc1. The van der Waals surface area contributed by atoms with Crippen molar-refractivity contribution in [3.05, 3.63) is 59.9 Å². The molecule has 1 saturated heterocycles. The molecule has 3 amide bonds. The van der Waals surface area contributed by atoms with Crippen LogP contribution in [0.15, 0.2) is 48.5 Å². The average molecular weight is 384 g/mol. The fourth-order valence-electron chi connectivity index (χ4n) is 3.13. The quantitative estimate of drug-likeness (QED) is 0.850. The molecule has 0 aliphatic carbocycles. The normalized spacial score (nSPS) is 15.8. The molecular weight excluding hydrogens is 359 g/mol. The number of halogens is 1. The molecule has 7 heteroatoms. The summed E-state index contributed by atoms with van der Waals surface area (Å²) in [4.78, 5) is 28.6. The molecule has 0 aromatic heterocycles. The van der Waals surface area contributed by atoms with Gasteiger partial charge in [-0.3, -0.25) is 9.69 Å². The Labute approximate surface area is 164 Å². The van der Waals surface area contributed by atoms with Crippen LogP contribution < -0.4 is 10.6 Å². The molecule has 2 N–H and O–H groups in total. The predicted octanol–water partition coefficient (Wildman–Crippen LogP) is 3.31. The molecule has 0 bridgehead atoms. The molecule has 1 aliphatic heterocycles. The van der Waals surface area contributed by atoms with Gasteiger partial charge >= 0.3 is 6.03 Å². The number of benzene rings is 2. The van der Waals surface area contributed by atoms with E-state index in [9.17, 15) is 14.0 Å². The zero-order valence-electron chi connectivity index (χ0n) is 16.1. The molecule has 2 aromatic carbocycles. The van der Waals surface area contributed by atoms with Crippen LogP contribution in [0.3, 0.4) is 0 Å². The Bertz CT molecular complexity index is 833. The summed E-state index contributed by atoms with van der Waals surface area (Å²) in [6.07, 6.45) is 0. The molecular formula is C21H25FN4O2. The maximum atomic E-state index is 13.3. The van der Waals surface area contributed by atoms with E-state index in [1.807, 2.05) is 43.0 Å². The van der Waals surface area contributed by atoms with Crippen molar-refractivity contribution < 1.29 is 14.0 Å². The monoisotopic (exact) mass is 384 g/mol. The van der Waals surface area contributed by atoms with Crippen molar-refractivity contribution in [2.45, 2.75) is 19.9 Å². The number of urea groups is 1. The van der Waals surface area contributed by atoms with Crippen LogP contribution in [0.4, 0.5) is 20.6 Å². The van der Waals surface area contributed by atoms with E-state index >= 15 is 0 Å². The lowest BCUT2D eigenvalue weighted by atomic mass is 10.2. The molecule has 6 nitrogen and oxygen atoms in total. The lowest BCUT2D eigenvalue weighted by molar-refractivity contribution is -0.121. The number of amides is 3. The molecule has 0 spiro atoms. The number of carbonyl (C=O) groups is 2. The van der Waals surface area contributed by atoms with Crippen LogP contribution in [-0.4, -0.2) is 54.0 Å². The Kier molecular flexibility index (Phi) is 6.26.